The van der Waals surface area contributed by atoms with Crippen LogP contribution in [0.15, 0.2) is 6.20 Å². The van der Waals surface area contributed by atoms with E-state index < -0.39 is 4.92 Å². The highest BCUT2D eigenvalue weighted by Crippen LogP contribution is 2.24. The van der Waals surface area contributed by atoms with Gasteiger partial charge in [0, 0.05) is 13.1 Å². The maximum atomic E-state index is 10.4. The van der Waals surface area contributed by atoms with E-state index in [1.54, 1.807) is 0 Å². The van der Waals surface area contributed by atoms with Crippen LogP contribution in [0.1, 0.15) is 13.3 Å². The fraction of sp³-hybridized carbons (Fsp3) is 0.625. The fourth-order valence-corrected chi connectivity index (χ4v) is 1.65. The third kappa shape index (κ3) is 4.22. The van der Waals surface area contributed by atoms with Crippen molar-refractivity contribution in [1.29, 1.82) is 0 Å². The lowest BCUT2D eigenvalue weighted by molar-refractivity contribution is -0.380. The second-order valence-electron chi connectivity index (χ2n) is 2.94. The summed E-state index contributed by atoms with van der Waals surface area (Å²) < 4.78 is 0. The van der Waals surface area contributed by atoms with Crippen molar-refractivity contribution in [2.45, 2.75) is 13.3 Å². The minimum atomic E-state index is -0.432. The minimum absolute atomic E-state index is 0.0685. The summed E-state index contributed by atoms with van der Waals surface area (Å²) >= 11 is 1.06. The van der Waals surface area contributed by atoms with E-state index in [2.05, 4.69) is 22.5 Å². The number of nitrogens with one attached hydrogen (secondary N) is 2. The molecule has 0 bridgehead atoms. The summed E-state index contributed by atoms with van der Waals surface area (Å²) in [7, 11) is 0. The molecule has 2 N–H and O–H groups in total. The van der Waals surface area contributed by atoms with Gasteiger partial charge in [-0.25, -0.2) is 4.98 Å². The van der Waals surface area contributed by atoms with Gasteiger partial charge in [0.1, 0.15) is 6.20 Å². The molecule has 0 aromatic carbocycles. The predicted molar refractivity (Wildman–Crippen MR) is 60.4 cm³/mol. The molecule has 6 nitrogen and oxygen atoms in total. The molecule has 7 heteroatoms. The molecule has 0 atom stereocenters. The molecule has 1 rings (SSSR count). The Labute approximate surface area is 91.9 Å². The van der Waals surface area contributed by atoms with E-state index in [4.69, 9.17) is 0 Å². The van der Waals surface area contributed by atoms with Crippen LogP contribution < -0.4 is 10.6 Å². The maximum Gasteiger partial charge on any atom is 0.345 e. The second kappa shape index (κ2) is 6.31. The SMILES string of the molecule is CCCNCCNc1ncc([N+](=O)[O-])s1. The van der Waals surface area contributed by atoms with Gasteiger partial charge in [-0.3, -0.25) is 10.1 Å². The van der Waals surface area contributed by atoms with Crippen molar-refractivity contribution >= 4 is 21.5 Å². The topological polar surface area (TPSA) is 80.1 Å². The first-order valence-corrected chi connectivity index (χ1v) is 5.60. The molecule has 0 aliphatic carbocycles. The predicted octanol–water partition coefficient (Wildman–Crippen LogP) is 1.46. The van der Waals surface area contributed by atoms with Gasteiger partial charge < -0.3 is 10.6 Å². The van der Waals surface area contributed by atoms with Crippen molar-refractivity contribution in [1.82, 2.24) is 10.3 Å². The van der Waals surface area contributed by atoms with Gasteiger partial charge in [-0.05, 0) is 24.3 Å². The highest BCUT2D eigenvalue weighted by Gasteiger charge is 2.10. The summed E-state index contributed by atoms with van der Waals surface area (Å²) in [5.74, 6) is 0. The third-order valence-corrected chi connectivity index (χ3v) is 2.58. The number of nitrogens with zero attached hydrogens (tertiary/aromatic N) is 2. The average molecular weight is 230 g/mol. The monoisotopic (exact) mass is 230 g/mol. The van der Waals surface area contributed by atoms with Crippen LogP contribution >= 0.6 is 11.3 Å². The summed E-state index contributed by atoms with van der Waals surface area (Å²) in [5, 5.41) is 17.3. The van der Waals surface area contributed by atoms with Crippen LogP contribution in [0.5, 0.6) is 0 Å². The zero-order chi connectivity index (χ0) is 11.1. The molecule has 0 fully saturated rings. The molecule has 0 radical (unpaired) electrons. The van der Waals surface area contributed by atoms with Crippen molar-refractivity contribution in [2.24, 2.45) is 0 Å². The number of nitro groups is 1. The van der Waals surface area contributed by atoms with Crippen LogP contribution in [0.2, 0.25) is 0 Å². The lowest BCUT2D eigenvalue weighted by Gasteiger charge is -2.02. The van der Waals surface area contributed by atoms with Gasteiger partial charge in [-0.15, -0.1) is 0 Å². The van der Waals surface area contributed by atoms with Crippen LogP contribution in [-0.2, 0) is 0 Å². The van der Waals surface area contributed by atoms with Crippen molar-refractivity contribution < 1.29 is 4.92 Å². The van der Waals surface area contributed by atoms with E-state index in [0.29, 0.717) is 5.13 Å². The smallest absolute Gasteiger partial charge is 0.345 e. The first kappa shape index (κ1) is 11.9. The quantitative estimate of drug-likeness (QED) is 0.421. The largest absolute Gasteiger partial charge is 0.360 e. The molecule has 1 aromatic rings. The normalized spacial score (nSPS) is 10.2. The van der Waals surface area contributed by atoms with Gasteiger partial charge in [0.25, 0.3) is 0 Å². The molecule has 84 valence electrons. The van der Waals surface area contributed by atoms with E-state index >= 15 is 0 Å². The van der Waals surface area contributed by atoms with Gasteiger partial charge in [0.15, 0.2) is 5.13 Å². The van der Waals surface area contributed by atoms with E-state index in [1.165, 1.54) is 6.20 Å². The van der Waals surface area contributed by atoms with Gasteiger partial charge in [-0.1, -0.05) is 6.92 Å². The Hall–Kier alpha value is -1.21. The Morgan fingerprint density at radius 2 is 2.33 bits per heavy atom. The molecule has 0 saturated carbocycles. The number of aromatic nitrogens is 1. The van der Waals surface area contributed by atoms with Crippen LogP contribution in [0.4, 0.5) is 10.1 Å². The lowest BCUT2D eigenvalue weighted by atomic mass is 10.5. The van der Waals surface area contributed by atoms with Crippen LogP contribution in [0.3, 0.4) is 0 Å². The molecular weight excluding hydrogens is 216 g/mol. The standard InChI is InChI=1S/C8H14N4O2S/c1-2-3-9-4-5-10-8-11-6-7(15-8)12(13)14/h6,9H,2-5H2,1H3,(H,10,11). The van der Waals surface area contributed by atoms with E-state index in [1.807, 2.05) is 0 Å². The zero-order valence-electron chi connectivity index (χ0n) is 8.52. The molecule has 1 aromatic heterocycles. The third-order valence-electron chi connectivity index (χ3n) is 1.68. The van der Waals surface area contributed by atoms with Crippen LogP contribution in [-0.4, -0.2) is 29.5 Å². The molecule has 0 amide bonds. The number of thiazole rings is 1. The highest BCUT2D eigenvalue weighted by molar-refractivity contribution is 7.18. The highest BCUT2D eigenvalue weighted by atomic mass is 32.1. The number of rotatable bonds is 7. The molecular formula is C8H14N4O2S. The zero-order valence-corrected chi connectivity index (χ0v) is 9.34. The number of hydrogen-bond donors (Lipinski definition) is 2. The molecule has 0 aliphatic heterocycles. The number of anilines is 1. The minimum Gasteiger partial charge on any atom is -0.360 e. The van der Waals surface area contributed by atoms with Crippen molar-refractivity contribution in [3.8, 4) is 0 Å². The lowest BCUT2D eigenvalue weighted by Crippen LogP contribution is -2.22. The van der Waals surface area contributed by atoms with E-state index in [0.717, 1.165) is 37.4 Å². The molecule has 0 aliphatic rings. The Bertz CT molecular complexity index is 315. The van der Waals surface area contributed by atoms with Gasteiger partial charge in [0.05, 0.1) is 4.92 Å². The Morgan fingerprint density at radius 1 is 1.53 bits per heavy atom. The first-order valence-electron chi connectivity index (χ1n) is 4.79. The van der Waals surface area contributed by atoms with Gasteiger partial charge >= 0.3 is 5.00 Å². The molecule has 15 heavy (non-hydrogen) atoms. The summed E-state index contributed by atoms with van der Waals surface area (Å²) in [4.78, 5) is 13.8. The average Bonchev–Trinajstić information content (AvgIpc) is 2.66. The van der Waals surface area contributed by atoms with E-state index in [9.17, 15) is 10.1 Å². The fourth-order valence-electron chi connectivity index (χ4n) is 0.991. The summed E-state index contributed by atoms with van der Waals surface area (Å²) in [5.41, 5.74) is 0. The molecule has 0 unspecified atom stereocenters. The van der Waals surface area contributed by atoms with Gasteiger partial charge in [0.2, 0.25) is 0 Å². The molecule has 0 saturated heterocycles. The maximum absolute atomic E-state index is 10.4. The Morgan fingerprint density at radius 3 is 2.93 bits per heavy atom. The van der Waals surface area contributed by atoms with Crippen molar-refractivity contribution in [2.75, 3.05) is 25.0 Å². The van der Waals surface area contributed by atoms with Gasteiger partial charge in [-0.2, -0.15) is 0 Å². The Kier molecular flexibility index (Phi) is 4.99. The van der Waals surface area contributed by atoms with Crippen LogP contribution in [0, 0.1) is 10.1 Å². The Balaban J connectivity index is 2.23. The van der Waals surface area contributed by atoms with Crippen LogP contribution in [0.25, 0.3) is 0 Å². The second-order valence-corrected chi connectivity index (χ2v) is 3.95. The number of hydrogen-bond acceptors (Lipinski definition) is 6. The first-order chi connectivity index (χ1) is 7.24. The summed E-state index contributed by atoms with van der Waals surface area (Å²) in [6, 6.07) is 0. The summed E-state index contributed by atoms with van der Waals surface area (Å²) in [6.45, 7) is 4.65. The molecule has 1 heterocycles. The molecule has 0 spiro atoms. The van der Waals surface area contributed by atoms with Crippen molar-refractivity contribution in [3.63, 3.8) is 0 Å². The van der Waals surface area contributed by atoms with Crippen molar-refractivity contribution in [3.05, 3.63) is 16.3 Å². The summed E-state index contributed by atoms with van der Waals surface area (Å²) in [6.07, 6.45) is 2.37. The van der Waals surface area contributed by atoms with E-state index in [-0.39, 0.29) is 5.00 Å².